The van der Waals surface area contributed by atoms with E-state index in [4.69, 9.17) is 5.73 Å². The molecule has 0 aliphatic rings. The van der Waals surface area contributed by atoms with Gasteiger partial charge in [0.1, 0.15) is 0 Å². The Balaban J connectivity index is 1.81. The number of nitrogens with one attached hydrogen (secondary N) is 1. The lowest BCUT2D eigenvalue weighted by atomic mass is 10.1. The van der Waals surface area contributed by atoms with Gasteiger partial charge in [0.15, 0.2) is 0 Å². The number of nitrogens with two attached hydrogens (primary N) is 1. The first kappa shape index (κ1) is 12.2. The number of hydrogen-bond donors (Lipinski definition) is 2. The molecule has 2 aromatic heterocycles. The van der Waals surface area contributed by atoms with Crippen LogP contribution >= 0.6 is 11.3 Å². The van der Waals surface area contributed by atoms with Gasteiger partial charge in [0.05, 0.1) is 11.2 Å². The SMILES string of the molecule is Nc1ccc(Nc2ccc3sccc3c2)c2cccnc12. The van der Waals surface area contributed by atoms with Crippen molar-refractivity contribution < 1.29 is 0 Å². The van der Waals surface area contributed by atoms with Gasteiger partial charge in [-0.1, -0.05) is 0 Å². The molecule has 21 heavy (non-hydrogen) atoms. The van der Waals surface area contributed by atoms with Crippen molar-refractivity contribution in [3.8, 4) is 0 Å². The summed E-state index contributed by atoms with van der Waals surface area (Å²) in [5.74, 6) is 0. The van der Waals surface area contributed by atoms with Gasteiger partial charge in [0, 0.05) is 27.7 Å². The van der Waals surface area contributed by atoms with E-state index in [0.29, 0.717) is 5.69 Å². The van der Waals surface area contributed by atoms with Gasteiger partial charge in [0.25, 0.3) is 0 Å². The minimum absolute atomic E-state index is 0.699. The number of aromatic nitrogens is 1. The number of anilines is 3. The molecule has 0 bridgehead atoms. The van der Waals surface area contributed by atoms with Crippen LogP contribution in [-0.4, -0.2) is 4.98 Å². The summed E-state index contributed by atoms with van der Waals surface area (Å²) >= 11 is 1.75. The first-order valence-electron chi connectivity index (χ1n) is 6.69. The highest BCUT2D eigenvalue weighted by molar-refractivity contribution is 7.17. The Bertz CT molecular complexity index is 943. The van der Waals surface area contributed by atoms with E-state index in [-0.39, 0.29) is 0 Å². The molecule has 0 amide bonds. The maximum atomic E-state index is 5.99. The molecule has 0 unspecified atom stereocenters. The van der Waals surface area contributed by atoms with Crippen molar-refractivity contribution in [3.05, 3.63) is 60.1 Å². The van der Waals surface area contributed by atoms with Crippen molar-refractivity contribution in [1.82, 2.24) is 4.98 Å². The molecule has 3 N–H and O–H groups in total. The molecule has 0 saturated carbocycles. The molecule has 0 fully saturated rings. The van der Waals surface area contributed by atoms with Crippen molar-refractivity contribution >= 4 is 49.4 Å². The number of nitrogens with zero attached hydrogens (tertiary/aromatic N) is 1. The zero-order chi connectivity index (χ0) is 14.2. The Labute approximate surface area is 126 Å². The van der Waals surface area contributed by atoms with E-state index < -0.39 is 0 Å². The first-order chi connectivity index (χ1) is 10.3. The van der Waals surface area contributed by atoms with Gasteiger partial charge in [-0.3, -0.25) is 4.98 Å². The monoisotopic (exact) mass is 291 g/mol. The topological polar surface area (TPSA) is 50.9 Å². The molecule has 2 aromatic carbocycles. The predicted octanol–water partition coefficient (Wildman–Crippen LogP) is 4.78. The molecular weight excluding hydrogens is 278 g/mol. The van der Waals surface area contributed by atoms with Crippen molar-refractivity contribution in [1.29, 1.82) is 0 Å². The predicted molar refractivity (Wildman–Crippen MR) is 91.3 cm³/mol. The number of hydrogen-bond acceptors (Lipinski definition) is 4. The maximum absolute atomic E-state index is 5.99. The summed E-state index contributed by atoms with van der Waals surface area (Å²) in [5.41, 5.74) is 9.60. The maximum Gasteiger partial charge on any atom is 0.0951 e. The third-order valence-electron chi connectivity index (χ3n) is 3.53. The fourth-order valence-corrected chi connectivity index (χ4v) is 3.27. The van der Waals surface area contributed by atoms with E-state index in [1.165, 1.54) is 10.1 Å². The highest BCUT2D eigenvalue weighted by Gasteiger charge is 2.05. The second kappa shape index (κ2) is 4.75. The van der Waals surface area contributed by atoms with Crippen LogP contribution in [0.5, 0.6) is 0 Å². The van der Waals surface area contributed by atoms with E-state index in [1.54, 1.807) is 17.5 Å². The van der Waals surface area contributed by atoms with Crippen molar-refractivity contribution in [2.24, 2.45) is 0 Å². The van der Waals surface area contributed by atoms with Crippen LogP contribution in [0.15, 0.2) is 60.1 Å². The molecule has 0 aliphatic heterocycles. The van der Waals surface area contributed by atoms with Gasteiger partial charge in [-0.05, 0) is 59.3 Å². The molecule has 4 heteroatoms. The normalized spacial score (nSPS) is 11.0. The Morgan fingerprint density at radius 3 is 2.95 bits per heavy atom. The first-order valence-corrected chi connectivity index (χ1v) is 7.57. The van der Waals surface area contributed by atoms with Crippen molar-refractivity contribution in [2.45, 2.75) is 0 Å². The Hall–Kier alpha value is -2.59. The number of pyridine rings is 1. The Morgan fingerprint density at radius 2 is 2.00 bits per heavy atom. The van der Waals surface area contributed by atoms with Crippen molar-refractivity contribution in [3.63, 3.8) is 0 Å². The Morgan fingerprint density at radius 1 is 1.05 bits per heavy atom. The van der Waals surface area contributed by atoms with Gasteiger partial charge in [-0.25, -0.2) is 0 Å². The number of rotatable bonds is 2. The quantitative estimate of drug-likeness (QED) is 0.523. The second-order valence-corrected chi connectivity index (χ2v) is 5.85. The number of benzene rings is 2. The molecule has 4 rings (SSSR count). The third kappa shape index (κ3) is 2.10. The highest BCUT2D eigenvalue weighted by Crippen LogP contribution is 2.31. The van der Waals surface area contributed by atoms with E-state index in [1.807, 2.05) is 24.3 Å². The van der Waals surface area contributed by atoms with Gasteiger partial charge in [-0.2, -0.15) is 0 Å². The summed E-state index contributed by atoms with van der Waals surface area (Å²) in [5, 5.41) is 7.86. The lowest BCUT2D eigenvalue weighted by Gasteiger charge is -2.11. The second-order valence-electron chi connectivity index (χ2n) is 4.90. The van der Waals surface area contributed by atoms with Crippen LogP contribution in [0.3, 0.4) is 0 Å². The molecule has 102 valence electrons. The van der Waals surface area contributed by atoms with Gasteiger partial charge >= 0.3 is 0 Å². The van der Waals surface area contributed by atoms with Crippen LogP contribution in [0, 0.1) is 0 Å². The average Bonchev–Trinajstić information content (AvgIpc) is 2.98. The van der Waals surface area contributed by atoms with E-state index in [9.17, 15) is 0 Å². The van der Waals surface area contributed by atoms with Crippen LogP contribution < -0.4 is 11.1 Å². The minimum Gasteiger partial charge on any atom is -0.397 e. The van der Waals surface area contributed by atoms with E-state index in [0.717, 1.165) is 22.3 Å². The molecule has 0 saturated heterocycles. The summed E-state index contributed by atoms with van der Waals surface area (Å²) in [4.78, 5) is 4.36. The molecule has 0 spiro atoms. The molecule has 3 nitrogen and oxygen atoms in total. The van der Waals surface area contributed by atoms with E-state index >= 15 is 0 Å². The smallest absolute Gasteiger partial charge is 0.0951 e. The summed E-state index contributed by atoms with van der Waals surface area (Å²) in [6.07, 6.45) is 1.76. The standard InChI is InChI=1S/C17H13N3S/c18-14-4-5-15(13-2-1-8-19-17(13)14)20-12-3-6-16-11(10-12)7-9-21-16/h1-10,20H,18H2. The largest absolute Gasteiger partial charge is 0.397 e. The molecule has 4 aromatic rings. The van der Waals surface area contributed by atoms with Gasteiger partial charge in [0.2, 0.25) is 0 Å². The van der Waals surface area contributed by atoms with Crippen LogP contribution in [0.2, 0.25) is 0 Å². The van der Waals surface area contributed by atoms with E-state index in [2.05, 4.69) is 39.9 Å². The Kier molecular flexibility index (Phi) is 2.75. The van der Waals surface area contributed by atoms with Gasteiger partial charge < -0.3 is 11.1 Å². The number of fused-ring (bicyclic) bond motifs is 2. The lowest BCUT2D eigenvalue weighted by Crippen LogP contribution is -1.95. The summed E-state index contributed by atoms with van der Waals surface area (Å²) in [6.45, 7) is 0. The zero-order valence-electron chi connectivity index (χ0n) is 11.2. The third-order valence-corrected chi connectivity index (χ3v) is 4.43. The average molecular weight is 291 g/mol. The highest BCUT2D eigenvalue weighted by atomic mass is 32.1. The van der Waals surface area contributed by atoms with Crippen LogP contribution in [0.25, 0.3) is 21.0 Å². The van der Waals surface area contributed by atoms with Gasteiger partial charge in [-0.15, -0.1) is 11.3 Å². The molecule has 0 radical (unpaired) electrons. The molecular formula is C17H13N3S. The fourth-order valence-electron chi connectivity index (χ4n) is 2.50. The summed E-state index contributed by atoms with van der Waals surface area (Å²) in [6, 6.07) is 16.4. The number of nitrogen functional groups attached to an aromatic ring is 1. The zero-order valence-corrected chi connectivity index (χ0v) is 12.0. The summed E-state index contributed by atoms with van der Waals surface area (Å²) in [7, 11) is 0. The van der Waals surface area contributed by atoms with Crippen molar-refractivity contribution in [2.75, 3.05) is 11.1 Å². The lowest BCUT2D eigenvalue weighted by molar-refractivity contribution is 1.41. The fraction of sp³-hybridized carbons (Fsp3) is 0. The summed E-state index contributed by atoms with van der Waals surface area (Å²) < 4.78 is 1.30. The number of thiophene rings is 1. The molecule has 0 atom stereocenters. The van der Waals surface area contributed by atoms with Crippen LogP contribution in [0.4, 0.5) is 17.1 Å². The molecule has 0 aliphatic carbocycles. The minimum atomic E-state index is 0.699. The van der Waals surface area contributed by atoms with Crippen LogP contribution in [0.1, 0.15) is 0 Å². The molecule has 2 heterocycles. The van der Waals surface area contributed by atoms with Crippen LogP contribution in [-0.2, 0) is 0 Å².